The molecule has 54 heavy (non-hydrogen) atoms. The van der Waals surface area contributed by atoms with Gasteiger partial charge in [-0.2, -0.15) is 14.9 Å². The molecule has 9 rings (SSSR count). The first-order chi connectivity index (χ1) is 25.8. The van der Waals surface area contributed by atoms with Crippen LogP contribution < -0.4 is 16.9 Å². The van der Waals surface area contributed by atoms with Crippen LogP contribution in [0.25, 0.3) is 54.5 Å². The summed E-state index contributed by atoms with van der Waals surface area (Å²) in [6, 6.07) is 23.0. The normalized spacial score (nSPS) is 12.9. The van der Waals surface area contributed by atoms with E-state index >= 15 is 0 Å². The number of phenols is 1. The lowest BCUT2D eigenvalue weighted by atomic mass is 9.94. The van der Waals surface area contributed by atoms with Gasteiger partial charge in [-0.3, -0.25) is 0 Å². The van der Waals surface area contributed by atoms with Gasteiger partial charge >= 0.3 is 29.0 Å². The standard InChI is InChI=1S/C20H12O5.C11H10O2.C10H7NO2.CO2/c1-8-4-3-5-10-12(8)18-15-14-11(24-20(23)16(15)17(10)21)7-6-9(2)13(14)19(22)25-18;1-7-3-5-10-9(8(7)2)4-6-11(12)13-10;1-6-3-2-4-7-9(6)8(5-11)13-10(7)12;2-1-3/h3-7,21H,1-2H3;3-6H,1-2H3;2-4,8H,1H3;. The van der Waals surface area contributed by atoms with Crippen LogP contribution in [0, 0.1) is 45.9 Å². The number of nitrogens with zero attached hydrogens (tertiary/aromatic N) is 1. The van der Waals surface area contributed by atoms with Crippen LogP contribution in [0.4, 0.5) is 0 Å². The van der Waals surface area contributed by atoms with Gasteiger partial charge in [-0.15, -0.1) is 0 Å². The molecule has 0 fully saturated rings. The Morgan fingerprint density at radius 1 is 0.611 bits per heavy atom. The predicted molar refractivity (Wildman–Crippen MR) is 198 cm³/mol. The van der Waals surface area contributed by atoms with Crippen molar-refractivity contribution >= 4 is 66.6 Å². The fourth-order valence-corrected chi connectivity index (χ4v) is 6.71. The number of hydrogen-bond donors (Lipinski definition) is 1. The number of nitriles is 1. The Morgan fingerprint density at radius 3 is 1.96 bits per heavy atom. The molecule has 1 N–H and O–H groups in total. The van der Waals surface area contributed by atoms with Gasteiger partial charge in [-0.25, -0.2) is 19.2 Å². The molecule has 0 aliphatic carbocycles. The van der Waals surface area contributed by atoms with Crippen LogP contribution in [0.15, 0.2) is 100 Å². The molecule has 0 amide bonds. The summed E-state index contributed by atoms with van der Waals surface area (Å²) in [5.41, 5.74) is 5.95. The lowest BCUT2D eigenvalue weighted by Gasteiger charge is -2.13. The van der Waals surface area contributed by atoms with E-state index in [1.165, 1.54) is 17.2 Å². The summed E-state index contributed by atoms with van der Waals surface area (Å²) in [5.74, 6) is -0.552. The molecule has 0 saturated carbocycles. The van der Waals surface area contributed by atoms with Crippen molar-refractivity contribution in [3.8, 4) is 11.8 Å². The summed E-state index contributed by atoms with van der Waals surface area (Å²) in [4.78, 5) is 63.6. The van der Waals surface area contributed by atoms with E-state index in [1.807, 2.05) is 64.1 Å². The number of ether oxygens (including phenoxy) is 1. The third-order valence-electron chi connectivity index (χ3n) is 9.39. The first-order valence-electron chi connectivity index (χ1n) is 16.4. The summed E-state index contributed by atoms with van der Waals surface area (Å²) < 4.78 is 20.9. The highest BCUT2D eigenvalue weighted by Gasteiger charge is 2.32. The molecule has 0 radical (unpaired) electrons. The summed E-state index contributed by atoms with van der Waals surface area (Å²) in [5, 5.41) is 22.9. The quantitative estimate of drug-likeness (QED) is 0.0700. The molecule has 0 spiro atoms. The molecular formula is C42H29NO11. The van der Waals surface area contributed by atoms with Crippen molar-refractivity contribution in [3.05, 3.63) is 143 Å². The van der Waals surface area contributed by atoms with Crippen molar-refractivity contribution < 1.29 is 37.5 Å². The highest BCUT2D eigenvalue weighted by molar-refractivity contribution is 6.28. The van der Waals surface area contributed by atoms with Crippen molar-refractivity contribution in [1.82, 2.24) is 0 Å². The first kappa shape index (κ1) is 36.4. The monoisotopic (exact) mass is 723 g/mol. The summed E-state index contributed by atoms with van der Waals surface area (Å²) in [7, 11) is 0. The molecule has 5 aromatic carbocycles. The average Bonchev–Trinajstić information content (AvgIpc) is 3.48. The van der Waals surface area contributed by atoms with Crippen LogP contribution in [0.2, 0.25) is 0 Å². The van der Waals surface area contributed by atoms with Crippen molar-refractivity contribution in [2.45, 2.75) is 40.7 Å². The average molecular weight is 724 g/mol. The number of hydrogen-bond acceptors (Lipinski definition) is 12. The minimum Gasteiger partial charge on any atom is -0.506 e. The van der Waals surface area contributed by atoms with E-state index in [-0.39, 0.29) is 22.9 Å². The highest BCUT2D eigenvalue weighted by atomic mass is 16.5. The van der Waals surface area contributed by atoms with E-state index in [4.69, 9.17) is 32.8 Å². The largest absolute Gasteiger partial charge is 0.506 e. The Morgan fingerprint density at radius 2 is 1.24 bits per heavy atom. The fraction of sp³-hybridized carbons (Fsp3) is 0.143. The van der Waals surface area contributed by atoms with Crippen molar-refractivity contribution in [1.29, 1.82) is 5.26 Å². The predicted octanol–water partition coefficient (Wildman–Crippen LogP) is 7.52. The van der Waals surface area contributed by atoms with Crippen LogP contribution in [-0.4, -0.2) is 17.2 Å². The minimum absolute atomic E-state index is 0.0416. The van der Waals surface area contributed by atoms with Gasteiger partial charge in [0.2, 0.25) is 6.10 Å². The smallest absolute Gasteiger partial charge is 0.373 e. The lowest BCUT2D eigenvalue weighted by molar-refractivity contribution is -0.191. The Labute approximate surface area is 304 Å². The SMILES string of the molecule is Cc1ccc2oc(=O)c3c(O)c4cccc(C)c4c4oc(=O)c1c2c34.Cc1ccc2oc(=O)ccc2c1C.Cc1cccc2c1C(C#N)OC2=O.O=C=O. The molecule has 3 aromatic heterocycles. The Bertz CT molecular complexity index is 3060. The summed E-state index contributed by atoms with van der Waals surface area (Å²) >= 11 is 0. The number of rotatable bonds is 0. The number of esters is 1. The third kappa shape index (κ3) is 6.15. The maximum atomic E-state index is 12.7. The Balaban J connectivity index is 0.000000145. The molecule has 1 atom stereocenters. The molecule has 268 valence electrons. The number of carbonyl (C=O) groups excluding carboxylic acids is 3. The molecule has 8 aromatic rings. The fourth-order valence-electron chi connectivity index (χ4n) is 6.71. The van der Waals surface area contributed by atoms with Crippen LogP contribution in [0.1, 0.15) is 49.8 Å². The van der Waals surface area contributed by atoms with E-state index in [0.29, 0.717) is 49.2 Å². The molecule has 1 unspecified atom stereocenters. The van der Waals surface area contributed by atoms with E-state index in [2.05, 4.69) is 0 Å². The zero-order valence-corrected chi connectivity index (χ0v) is 29.5. The van der Waals surface area contributed by atoms with Crippen LogP contribution in [-0.2, 0) is 14.3 Å². The minimum atomic E-state index is -0.719. The zero-order valence-electron chi connectivity index (χ0n) is 29.5. The van der Waals surface area contributed by atoms with Gasteiger partial charge in [0, 0.05) is 38.6 Å². The van der Waals surface area contributed by atoms with Gasteiger partial charge < -0.3 is 23.1 Å². The number of carbonyl (C=O) groups is 1. The van der Waals surface area contributed by atoms with E-state index < -0.39 is 23.3 Å². The van der Waals surface area contributed by atoms with Gasteiger partial charge in [-0.1, -0.05) is 42.5 Å². The van der Waals surface area contributed by atoms with Gasteiger partial charge in [0.25, 0.3) is 0 Å². The number of phenolic OH excluding ortho intramolecular Hbond substituents is 1. The maximum Gasteiger partial charge on any atom is 0.373 e. The number of aryl methyl sites for hydroxylation is 5. The maximum absolute atomic E-state index is 12.7. The number of fused-ring (bicyclic) bond motifs is 4. The molecule has 1 aliphatic heterocycles. The van der Waals surface area contributed by atoms with Crippen molar-refractivity contribution in [2.24, 2.45) is 0 Å². The lowest BCUT2D eigenvalue weighted by Crippen LogP contribution is -2.08. The van der Waals surface area contributed by atoms with Gasteiger partial charge in [0.05, 0.1) is 10.9 Å². The topological polar surface area (TPSA) is 195 Å². The second kappa shape index (κ2) is 14.3. The van der Waals surface area contributed by atoms with Crippen molar-refractivity contribution in [3.63, 3.8) is 0 Å². The van der Waals surface area contributed by atoms with Crippen LogP contribution in [0.5, 0.6) is 5.75 Å². The van der Waals surface area contributed by atoms with Gasteiger partial charge in [-0.05, 0) is 86.7 Å². The van der Waals surface area contributed by atoms with Crippen LogP contribution in [0.3, 0.4) is 0 Å². The number of benzene rings is 5. The molecule has 4 heterocycles. The van der Waals surface area contributed by atoms with Crippen LogP contribution >= 0.6 is 0 Å². The molecule has 12 heteroatoms. The Hall–Kier alpha value is -7.35. The molecule has 1 aliphatic rings. The molecule has 12 nitrogen and oxygen atoms in total. The second-order valence-electron chi connectivity index (χ2n) is 12.5. The molecular weight excluding hydrogens is 694 g/mol. The van der Waals surface area contributed by atoms with E-state index in [0.717, 1.165) is 27.6 Å². The summed E-state index contributed by atoms with van der Waals surface area (Å²) in [6.45, 7) is 9.60. The number of aromatic hydroxyl groups is 1. The highest BCUT2D eigenvalue weighted by Crippen LogP contribution is 2.42. The zero-order chi connectivity index (χ0) is 39.0. The molecule has 0 bridgehead atoms. The molecule has 0 saturated heterocycles. The Kier molecular flexibility index (Phi) is 9.68. The van der Waals surface area contributed by atoms with E-state index in [9.17, 15) is 24.3 Å². The van der Waals surface area contributed by atoms with E-state index in [1.54, 1.807) is 43.3 Å². The number of cyclic esters (lactones) is 1. The summed E-state index contributed by atoms with van der Waals surface area (Å²) in [6.07, 6.45) is -0.469. The second-order valence-corrected chi connectivity index (χ2v) is 12.5. The van der Waals surface area contributed by atoms with Crippen molar-refractivity contribution in [2.75, 3.05) is 0 Å². The first-order valence-corrected chi connectivity index (χ1v) is 16.4. The van der Waals surface area contributed by atoms with Gasteiger partial charge in [0.15, 0.2) is 0 Å². The van der Waals surface area contributed by atoms with Gasteiger partial charge in [0.1, 0.15) is 34.0 Å². The third-order valence-corrected chi connectivity index (χ3v) is 9.39.